The normalized spacial score (nSPS) is 27.1. The number of hydrogen-bond donors (Lipinski definition) is 3. The fourth-order valence-corrected chi connectivity index (χ4v) is 1.96. The lowest BCUT2D eigenvalue weighted by molar-refractivity contribution is -0.105. The first kappa shape index (κ1) is 13.8. The molecule has 2 atom stereocenters. The van der Waals surface area contributed by atoms with Gasteiger partial charge in [0.2, 0.25) is 0 Å². The van der Waals surface area contributed by atoms with E-state index >= 15 is 0 Å². The number of hydrogen-bond acceptors (Lipinski definition) is 5. The molecule has 0 radical (unpaired) electrons. The second-order valence-electron chi connectivity index (χ2n) is 4.57. The molecule has 0 aliphatic carbocycles. The molecule has 6 nitrogen and oxygen atoms in total. The summed E-state index contributed by atoms with van der Waals surface area (Å²) in [6, 6.07) is 9.21. The van der Waals surface area contributed by atoms with E-state index < -0.39 is 24.4 Å². The quantitative estimate of drug-likeness (QED) is 0.686. The maximum absolute atomic E-state index is 11.8. The van der Waals surface area contributed by atoms with Crippen LogP contribution in [0, 0.1) is 0 Å². The highest BCUT2D eigenvalue weighted by atomic mass is 16.6. The molecule has 0 bridgehead atoms. The largest absolute Gasteiger partial charge is 0.445 e. The van der Waals surface area contributed by atoms with Gasteiger partial charge in [0.1, 0.15) is 24.9 Å². The molecule has 0 aromatic heterocycles. The monoisotopic (exact) mass is 267 g/mol. The van der Waals surface area contributed by atoms with Crippen molar-refractivity contribution in [2.75, 3.05) is 13.1 Å². The predicted octanol–water partition coefficient (Wildman–Crippen LogP) is -0.278. The number of carbonyl (C=O) groups excluding carboxylic acids is 1. The van der Waals surface area contributed by atoms with E-state index in [1.54, 1.807) is 0 Å². The van der Waals surface area contributed by atoms with E-state index in [0.29, 0.717) is 0 Å². The van der Waals surface area contributed by atoms with Crippen LogP contribution in [0.5, 0.6) is 0 Å². The average molecular weight is 267 g/mol. The Balaban J connectivity index is 1.87. The molecular weight excluding hydrogens is 250 g/mol. The van der Waals surface area contributed by atoms with Crippen LogP contribution in [0.15, 0.2) is 30.3 Å². The first-order valence-electron chi connectivity index (χ1n) is 6.07. The lowest BCUT2D eigenvalue weighted by Crippen LogP contribution is -2.56. The molecule has 1 aliphatic heterocycles. The number of likely N-dealkylation sites (tertiary alicyclic amines) is 1. The molecule has 104 valence electrons. The Morgan fingerprint density at radius 3 is 2.32 bits per heavy atom. The number of nitrogens with zero attached hydrogens (tertiary/aromatic N) is 1. The van der Waals surface area contributed by atoms with Gasteiger partial charge in [0.15, 0.2) is 0 Å². The topological polar surface area (TPSA) is 90.2 Å². The summed E-state index contributed by atoms with van der Waals surface area (Å²) < 4.78 is 5.08. The van der Waals surface area contributed by atoms with Gasteiger partial charge in [-0.2, -0.15) is 0 Å². The van der Waals surface area contributed by atoms with Crippen molar-refractivity contribution in [1.29, 1.82) is 0 Å². The Labute approximate surface area is 110 Å². The van der Waals surface area contributed by atoms with Crippen LogP contribution < -0.4 is 0 Å². The molecule has 1 aromatic rings. The lowest BCUT2D eigenvalue weighted by atomic mass is 10.0. The van der Waals surface area contributed by atoms with Gasteiger partial charge in [-0.25, -0.2) is 4.79 Å². The van der Waals surface area contributed by atoms with Crippen LogP contribution in [-0.4, -0.2) is 57.7 Å². The molecule has 2 rings (SSSR count). The molecule has 6 heteroatoms. The fourth-order valence-electron chi connectivity index (χ4n) is 1.96. The second-order valence-corrected chi connectivity index (χ2v) is 4.57. The van der Waals surface area contributed by atoms with Crippen LogP contribution in [0.1, 0.15) is 5.56 Å². The first-order valence-corrected chi connectivity index (χ1v) is 6.07. The smallest absolute Gasteiger partial charge is 0.410 e. The number of ether oxygens (including phenoxy) is 1. The van der Waals surface area contributed by atoms with Crippen molar-refractivity contribution in [3.05, 3.63) is 35.9 Å². The van der Waals surface area contributed by atoms with Crippen LogP contribution >= 0.6 is 0 Å². The van der Waals surface area contributed by atoms with E-state index in [-0.39, 0.29) is 19.7 Å². The Kier molecular flexibility index (Phi) is 4.36. The van der Waals surface area contributed by atoms with Gasteiger partial charge in [0.25, 0.3) is 0 Å². The van der Waals surface area contributed by atoms with Gasteiger partial charge in [-0.1, -0.05) is 30.3 Å². The Morgan fingerprint density at radius 2 is 1.74 bits per heavy atom. The van der Waals surface area contributed by atoms with Crippen molar-refractivity contribution in [3.63, 3.8) is 0 Å². The zero-order valence-corrected chi connectivity index (χ0v) is 10.3. The molecule has 1 saturated heterocycles. The van der Waals surface area contributed by atoms with E-state index in [1.165, 1.54) is 4.90 Å². The van der Waals surface area contributed by atoms with Crippen LogP contribution in [0.4, 0.5) is 4.79 Å². The Bertz CT molecular complexity index is 412. The summed E-state index contributed by atoms with van der Waals surface area (Å²) in [7, 11) is 0. The summed E-state index contributed by atoms with van der Waals surface area (Å²) in [5.41, 5.74) is 0.856. The summed E-state index contributed by atoms with van der Waals surface area (Å²) in [5, 5.41) is 28.4. The summed E-state index contributed by atoms with van der Waals surface area (Å²) in [4.78, 5) is 13.0. The molecule has 1 fully saturated rings. The molecule has 1 aromatic carbocycles. The third kappa shape index (κ3) is 3.44. The van der Waals surface area contributed by atoms with Gasteiger partial charge in [-0.05, 0) is 5.56 Å². The lowest BCUT2D eigenvalue weighted by Gasteiger charge is -2.36. The molecule has 1 amide bonds. The number of piperidine rings is 1. The summed E-state index contributed by atoms with van der Waals surface area (Å²) in [5.74, 6) is 0. The predicted molar refractivity (Wildman–Crippen MR) is 66.2 cm³/mol. The number of aliphatic hydroxyl groups is 3. The number of benzene rings is 1. The minimum Gasteiger partial charge on any atom is -0.445 e. The SMILES string of the molecule is O=C(OCc1ccccc1)N1CC(O)C(O)C(O)C1. The van der Waals surface area contributed by atoms with Crippen LogP contribution in [0.25, 0.3) is 0 Å². The summed E-state index contributed by atoms with van der Waals surface area (Å²) >= 11 is 0. The van der Waals surface area contributed by atoms with Gasteiger partial charge in [0, 0.05) is 0 Å². The van der Waals surface area contributed by atoms with Gasteiger partial charge < -0.3 is 25.0 Å². The maximum atomic E-state index is 11.8. The number of aliphatic hydroxyl groups excluding tert-OH is 3. The van der Waals surface area contributed by atoms with Gasteiger partial charge in [-0.15, -0.1) is 0 Å². The molecular formula is C13H17NO5. The van der Waals surface area contributed by atoms with Crippen molar-refractivity contribution in [2.45, 2.75) is 24.9 Å². The van der Waals surface area contributed by atoms with Crippen LogP contribution in [-0.2, 0) is 11.3 Å². The minimum atomic E-state index is -1.22. The van der Waals surface area contributed by atoms with Gasteiger partial charge in [-0.3, -0.25) is 0 Å². The van der Waals surface area contributed by atoms with Crippen LogP contribution in [0.3, 0.4) is 0 Å². The zero-order valence-electron chi connectivity index (χ0n) is 10.3. The number of β-amino-alcohol motifs (C(OH)–C–C–N with tert-alkyl or cyclic N) is 2. The summed E-state index contributed by atoms with van der Waals surface area (Å²) in [6.07, 6.45) is -4.16. The first-order chi connectivity index (χ1) is 9.08. The van der Waals surface area contributed by atoms with E-state index in [4.69, 9.17) is 4.74 Å². The summed E-state index contributed by atoms with van der Waals surface area (Å²) in [6.45, 7) is 0.0304. The molecule has 1 heterocycles. The molecule has 0 saturated carbocycles. The third-order valence-corrected chi connectivity index (χ3v) is 3.07. The van der Waals surface area contributed by atoms with Crippen molar-refractivity contribution in [2.24, 2.45) is 0 Å². The highest BCUT2D eigenvalue weighted by molar-refractivity contribution is 5.68. The van der Waals surface area contributed by atoms with E-state index in [1.807, 2.05) is 30.3 Å². The maximum Gasteiger partial charge on any atom is 0.410 e. The van der Waals surface area contributed by atoms with Crippen molar-refractivity contribution < 1.29 is 24.9 Å². The molecule has 1 aliphatic rings. The van der Waals surface area contributed by atoms with E-state index in [2.05, 4.69) is 0 Å². The number of carbonyl (C=O) groups is 1. The number of rotatable bonds is 2. The fraction of sp³-hybridized carbons (Fsp3) is 0.462. The van der Waals surface area contributed by atoms with E-state index in [9.17, 15) is 20.1 Å². The Hall–Kier alpha value is -1.63. The minimum absolute atomic E-state index is 0.0498. The zero-order chi connectivity index (χ0) is 13.8. The highest BCUT2D eigenvalue weighted by Crippen LogP contribution is 2.13. The average Bonchev–Trinajstić information content (AvgIpc) is 2.42. The molecule has 3 N–H and O–H groups in total. The van der Waals surface area contributed by atoms with Gasteiger partial charge >= 0.3 is 6.09 Å². The van der Waals surface area contributed by atoms with Gasteiger partial charge in [0.05, 0.1) is 13.1 Å². The van der Waals surface area contributed by atoms with Crippen LogP contribution in [0.2, 0.25) is 0 Å². The molecule has 19 heavy (non-hydrogen) atoms. The van der Waals surface area contributed by atoms with E-state index in [0.717, 1.165) is 5.56 Å². The van der Waals surface area contributed by atoms with Crippen molar-refractivity contribution in [1.82, 2.24) is 4.90 Å². The Morgan fingerprint density at radius 1 is 1.16 bits per heavy atom. The highest BCUT2D eigenvalue weighted by Gasteiger charge is 2.36. The third-order valence-electron chi connectivity index (χ3n) is 3.07. The molecule has 0 spiro atoms. The standard InChI is InChI=1S/C13H17NO5/c15-10-6-14(7-11(16)12(10)17)13(18)19-8-9-4-2-1-3-5-9/h1-5,10-12,15-17H,6-8H2. The van der Waals surface area contributed by atoms with Crippen molar-refractivity contribution in [3.8, 4) is 0 Å². The number of amides is 1. The van der Waals surface area contributed by atoms with Crippen molar-refractivity contribution >= 4 is 6.09 Å². The second kappa shape index (κ2) is 6.01. The molecule has 2 unspecified atom stereocenters.